The zero-order chi connectivity index (χ0) is 27.0. The molecule has 1 spiro atoms. The average molecular weight is 530 g/mol. The lowest BCUT2D eigenvalue weighted by Crippen LogP contribution is -2.55. The molecule has 1 heteroatoms. The smallest absolute Gasteiger partial charge is 0.0467 e. The van der Waals surface area contributed by atoms with Crippen molar-refractivity contribution in [1.29, 1.82) is 0 Å². The molecule has 5 aliphatic carbocycles. The number of rotatable bonds is 4. The Morgan fingerprint density at radius 2 is 1.02 bits per heavy atom. The van der Waals surface area contributed by atoms with Crippen LogP contribution in [0.3, 0.4) is 0 Å². The molecule has 1 N–H and O–H groups in total. The van der Waals surface area contributed by atoms with E-state index in [0.29, 0.717) is 0 Å². The third-order valence-electron chi connectivity index (χ3n) is 11.1. The molecule has 0 saturated heterocycles. The minimum absolute atomic E-state index is 0.210. The molecule has 1 nitrogen and oxygen atoms in total. The van der Waals surface area contributed by atoms with Crippen molar-refractivity contribution in [3.8, 4) is 33.4 Å². The number of benzene rings is 5. The van der Waals surface area contributed by atoms with Crippen LogP contribution in [0.15, 0.2) is 121 Å². The van der Waals surface area contributed by atoms with Gasteiger partial charge in [-0.25, -0.2) is 0 Å². The molecule has 41 heavy (non-hydrogen) atoms. The quantitative estimate of drug-likeness (QED) is 0.244. The van der Waals surface area contributed by atoms with Crippen molar-refractivity contribution < 1.29 is 0 Å². The van der Waals surface area contributed by atoms with E-state index in [-0.39, 0.29) is 5.41 Å². The molecule has 0 heterocycles. The van der Waals surface area contributed by atoms with Crippen molar-refractivity contribution in [2.75, 3.05) is 5.32 Å². The summed E-state index contributed by atoms with van der Waals surface area (Å²) in [5.74, 6) is 3.51. The molecule has 10 rings (SSSR count). The van der Waals surface area contributed by atoms with Crippen LogP contribution < -0.4 is 5.32 Å². The molecule has 5 aromatic rings. The Morgan fingerprint density at radius 3 is 1.71 bits per heavy atom. The van der Waals surface area contributed by atoms with Gasteiger partial charge in [-0.15, -0.1) is 0 Å². The van der Waals surface area contributed by atoms with Crippen LogP contribution in [0.2, 0.25) is 0 Å². The van der Waals surface area contributed by atoms with Crippen LogP contribution in [0, 0.1) is 23.7 Å². The number of hydrogen-bond acceptors (Lipinski definition) is 1. The van der Waals surface area contributed by atoms with Crippen molar-refractivity contribution in [2.45, 2.75) is 37.5 Å². The minimum atomic E-state index is 0.210. The third-order valence-corrected chi connectivity index (χ3v) is 11.1. The first-order chi connectivity index (χ1) is 20.3. The highest BCUT2D eigenvalue weighted by atomic mass is 14.9. The Hall–Kier alpha value is -4.10. The summed E-state index contributed by atoms with van der Waals surface area (Å²) in [6.45, 7) is 0. The molecular weight excluding hydrogens is 494 g/mol. The Bertz CT molecular complexity index is 1740. The van der Waals surface area contributed by atoms with E-state index in [4.69, 9.17) is 0 Å². The first-order valence-electron chi connectivity index (χ1n) is 15.5. The van der Waals surface area contributed by atoms with Crippen molar-refractivity contribution in [3.05, 3.63) is 132 Å². The normalized spacial score (nSPS) is 26.6. The number of hydrogen-bond donors (Lipinski definition) is 1. The van der Waals surface area contributed by atoms with Crippen LogP contribution in [0.25, 0.3) is 33.4 Å². The highest BCUT2D eigenvalue weighted by Gasteiger charge is 2.61. The standard InChI is InChI=1S/C40H35N/c1-2-9-28(10-3-1)33-11-4-5-12-34(33)29-17-19-32(20-18-29)41-38-16-8-15-37-39(38)35-13-6-7-14-36(35)40(37)30-22-26-21-27(24-30)25-31(40)23-26/h1-20,26-27,30-31,41H,21-25H2. The van der Waals surface area contributed by atoms with Crippen LogP contribution in [0.5, 0.6) is 0 Å². The van der Waals surface area contributed by atoms with E-state index >= 15 is 0 Å². The summed E-state index contributed by atoms with van der Waals surface area (Å²) >= 11 is 0. The third kappa shape index (κ3) is 3.42. The van der Waals surface area contributed by atoms with Gasteiger partial charge < -0.3 is 5.32 Å². The van der Waals surface area contributed by atoms with Gasteiger partial charge in [0.25, 0.3) is 0 Å². The molecule has 0 atom stereocenters. The van der Waals surface area contributed by atoms with Gasteiger partial charge in [0, 0.05) is 22.4 Å². The van der Waals surface area contributed by atoms with Crippen molar-refractivity contribution in [1.82, 2.24) is 0 Å². The second-order valence-electron chi connectivity index (χ2n) is 13.1. The maximum absolute atomic E-state index is 3.88. The fourth-order valence-corrected chi connectivity index (χ4v) is 9.80. The van der Waals surface area contributed by atoms with Crippen molar-refractivity contribution in [3.63, 3.8) is 0 Å². The van der Waals surface area contributed by atoms with Gasteiger partial charge in [-0.3, -0.25) is 0 Å². The summed E-state index contributed by atoms with van der Waals surface area (Å²) in [4.78, 5) is 0. The van der Waals surface area contributed by atoms with Crippen LogP contribution in [0.4, 0.5) is 11.4 Å². The van der Waals surface area contributed by atoms with Gasteiger partial charge in [0.05, 0.1) is 0 Å². The van der Waals surface area contributed by atoms with Gasteiger partial charge in [0.2, 0.25) is 0 Å². The van der Waals surface area contributed by atoms with E-state index in [0.717, 1.165) is 29.4 Å². The number of nitrogens with one attached hydrogen (secondary N) is 1. The van der Waals surface area contributed by atoms with E-state index in [1.807, 2.05) is 0 Å². The fraction of sp³-hybridized carbons (Fsp3) is 0.250. The topological polar surface area (TPSA) is 12.0 Å². The molecule has 0 aromatic heterocycles. The molecule has 5 aliphatic rings. The molecule has 0 amide bonds. The summed E-state index contributed by atoms with van der Waals surface area (Å²) in [5, 5.41) is 3.88. The predicted octanol–water partition coefficient (Wildman–Crippen LogP) is 10.5. The van der Waals surface area contributed by atoms with Crippen LogP contribution in [-0.2, 0) is 5.41 Å². The van der Waals surface area contributed by atoms with Crippen molar-refractivity contribution >= 4 is 11.4 Å². The lowest BCUT2D eigenvalue weighted by Gasteiger charge is -2.61. The molecule has 200 valence electrons. The predicted molar refractivity (Wildman–Crippen MR) is 170 cm³/mol. The zero-order valence-electron chi connectivity index (χ0n) is 23.4. The second-order valence-corrected chi connectivity index (χ2v) is 13.1. The van der Waals surface area contributed by atoms with Gasteiger partial charge in [0.15, 0.2) is 0 Å². The van der Waals surface area contributed by atoms with E-state index in [2.05, 4.69) is 127 Å². The molecule has 4 bridgehead atoms. The Morgan fingerprint density at radius 1 is 0.463 bits per heavy atom. The molecule has 0 radical (unpaired) electrons. The molecule has 5 aromatic carbocycles. The van der Waals surface area contributed by atoms with Crippen LogP contribution in [-0.4, -0.2) is 0 Å². The summed E-state index contributed by atoms with van der Waals surface area (Å²) in [7, 11) is 0. The zero-order valence-corrected chi connectivity index (χ0v) is 23.4. The first kappa shape index (κ1) is 23.6. The van der Waals surface area contributed by atoms with Gasteiger partial charge in [0.1, 0.15) is 0 Å². The molecule has 0 aliphatic heterocycles. The van der Waals surface area contributed by atoms with Gasteiger partial charge in [-0.2, -0.15) is 0 Å². The lowest BCUT2D eigenvalue weighted by molar-refractivity contribution is -0.0399. The molecular formula is C40H35N. The lowest BCUT2D eigenvalue weighted by atomic mass is 9.43. The summed E-state index contributed by atoms with van der Waals surface area (Å²) in [5.41, 5.74) is 13.8. The maximum atomic E-state index is 3.88. The summed E-state index contributed by atoms with van der Waals surface area (Å²) in [6.07, 6.45) is 7.17. The fourth-order valence-electron chi connectivity index (χ4n) is 9.80. The van der Waals surface area contributed by atoms with E-state index < -0.39 is 0 Å². The van der Waals surface area contributed by atoms with Gasteiger partial charge in [-0.05, 0) is 113 Å². The Labute approximate surface area is 243 Å². The number of anilines is 2. The van der Waals surface area contributed by atoms with Crippen molar-refractivity contribution in [2.24, 2.45) is 23.7 Å². The minimum Gasteiger partial charge on any atom is -0.355 e. The highest BCUT2D eigenvalue weighted by molar-refractivity contribution is 5.92. The molecule has 0 unspecified atom stereocenters. The van der Waals surface area contributed by atoms with Gasteiger partial charge in [-0.1, -0.05) is 103 Å². The van der Waals surface area contributed by atoms with E-state index in [9.17, 15) is 0 Å². The maximum Gasteiger partial charge on any atom is 0.0467 e. The van der Waals surface area contributed by atoms with Gasteiger partial charge >= 0.3 is 0 Å². The van der Waals surface area contributed by atoms with Crippen LogP contribution >= 0.6 is 0 Å². The summed E-state index contributed by atoms with van der Waals surface area (Å²) in [6, 6.07) is 44.9. The van der Waals surface area contributed by atoms with E-state index in [1.54, 1.807) is 11.1 Å². The highest BCUT2D eigenvalue weighted by Crippen LogP contribution is 2.70. The largest absolute Gasteiger partial charge is 0.355 e. The Balaban J connectivity index is 1.10. The molecule has 4 fully saturated rings. The van der Waals surface area contributed by atoms with E-state index in [1.165, 1.54) is 71.2 Å². The monoisotopic (exact) mass is 529 g/mol. The first-order valence-corrected chi connectivity index (χ1v) is 15.5. The SMILES string of the molecule is c1ccc(-c2ccccc2-c2ccc(Nc3cccc4c3-c3ccccc3C43C4CC5CC(C4)CC3C5)cc2)cc1. The Kier molecular flexibility index (Phi) is 5.15. The average Bonchev–Trinajstić information content (AvgIpc) is 3.32. The number of fused-ring (bicyclic) bond motifs is 3. The molecule has 4 saturated carbocycles. The van der Waals surface area contributed by atoms with Crippen LogP contribution in [0.1, 0.15) is 43.2 Å². The summed E-state index contributed by atoms with van der Waals surface area (Å²) < 4.78 is 0. The second kappa shape index (κ2) is 8.95.